The number of nitrogens with zero attached hydrogens (tertiary/aromatic N) is 4. The Morgan fingerprint density at radius 3 is 3.00 bits per heavy atom. The maximum atomic E-state index is 11.9. The van der Waals surface area contributed by atoms with Gasteiger partial charge in [0.05, 0.1) is 0 Å². The largest absolute Gasteiger partial charge is 0.477 e. The molecule has 23 heavy (non-hydrogen) atoms. The summed E-state index contributed by atoms with van der Waals surface area (Å²) < 4.78 is 0. The summed E-state index contributed by atoms with van der Waals surface area (Å²) >= 11 is 2.64. The molecule has 3 rings (SSSR count). The normalized spacial score (nSPS) is 25.1. The van der Waals surface area contributed by atoms with E-state index in [1.54, 1.807) is 0 Å². The lowest BCUT2D eigenvalue weighted by molar-refractivity contribution is -0.148. The van der Waals surface area contributed by atoms with Crippen molar-refractivity contribution >= 4 is 35.4 Å². The smallest absolute Gasteiger partial charge is 0.352 e. The maximum absolute atomic E-state index is 11.9. The molecule has 12 heteroatoms. The van der Waals surface area contributed by atoms with E-state index < -0.39 is 17.9 Å². The van der Waals surface area contributed by atoms with Gasteiger partial charge in [-0.3, -0.25) is 9.69 Å². The first-order chi connectivity index (χ1) is 11.0. The van der Waals surface area contributed by atoms with Crippen LogP contribution in [0.2, 0.25) is 0 Å². The number of aromatic nitrogens is 4. The molecule has 2 unspecified atom stereocenters. The highest BCUT2D eigenvalue weighted by atomic mass is 32.2. The maximum Gasteiger partial charge on any atom is 0.352 e. The molecular weight excluding hydrogens is 344 g/mol. The molecule has 0 aromatic carbocycles. The van der Waals surface area contributed by atoms with Crippen LogP contribution in [0.4, 0.5) is 0 Å². The molecule has 10 nitrogen and oxygen atoms in total. The Hall–Kier alpha value is -1.63. The zero-order valence-corrected chi connectivity index (χ0v) is 13.4. The highest BCUT2D eigenvalue weighted by Gasteiger charge is 2.52. The van der Waals surface area contributed by atoms with Crippen LogP contribution in [0.3, 0.4) is 0 Å². The second-order valence-electron chi connectivity index (χ2n) is 4.94. The molecule has 5 N–H and O–H groups in total. The van der Waals surface area contributed by atoms with Gasteiger partial charge in [-0.15, -0.1) is 16.9 Å². The number of tetrazole rings is 1. The lowest BCUT2D eigenvalue weighted by Crippen LogP contribution is -2.68. The van der Waals surface area contributed by atoms with E-state index in [0.717, 1.165) is 0 Å². The number of carboxylic acids is 1. The van der Waals surface area contributed by atoms with E-state index in [1.807, 2.05) is 0 Å². The van der Waals surface area contributed by atoms with Crippen molar-refractivity contribution in [3.8, 4) is 0 Å². The summed E-state index contributed by atoms with van der Waals surface area (Å²) in [4.78, 5) is 24.9. The van der Waals surface area contributed by atoms with Crippen LogP contribution in [0.25, 0.3) is 0 Å². The number of aliphatic carboxylic acids is 1. The predicted octanol–water partition coefficient (Wildman–Crippen LogP) is -1.38. The number of carbonyl (C=O) groups is 2. The first-order valence-electron chi connectivity index (χ1n) is 6.72. The van der Waals surface area contributed by atoms with E-state index in [2.05, 4.69) is 20.6 Å². The minimum absolute atomic E-state index is 0.0427. The molecule has 1 amide bonds. The number of nitrogens with two attached hydrogens (primary N) is 1. The van der Waals surface area contributed by atoms with Gasteiger partial charge in [0.1, 0.15) is 17.1 Å². The van der Waals surface area contributed by atoms with Crippen LogP contribution >= 0.6 is 23.5 Å². The number of aliphatic hydroxyl groups excluding tert-OH is 1. The number of thioether (sulfide) groups is 2. The van der Waals surface area contributed by atoms with E-state index in [9.17, 15) is 19.8 Å². The van der Waals surface area contributed by atoms with Gasteiger partial charge in [-0.25, -0.2) is 9.89 Å². The van der Waals surface area contributed by atoms with Gasteiger partial charge >= 0.3 is 5.97 Å². The zero-order chi connectivity index (χ0) is 16.6. The molecule has 0 aliphatic carbocycles. The van der Waals surface area contributed by atoms with Gasteiger partial charge in [-0.05, 0) is 22.4 Å². The first kappa shape index (κ1) is 16.2. The van der Waals surface area contributed by atoms with E-state index >= 15 is 0 Å². The predicted molar refractivity (Wildman–Crippen MR) is 81.3 cm³/mol. The highest BCUT2D eigenvalue weighted by Crippen LogP contribution is 2.43. The monoisotopic (exact) mass is 358 g/mol. The number of aromatic amines is 1. The number of carbonyl (C=O) groups excluding carboxylic acids is 1. The average Bonchev–Trinajstić information content (AvgIpc) is 3.05. The number of hydrogen-bond acceptors (Lipinski definition) is 9. The van der Waals surface area contributed by atoms with Crippen LogP contribution in [0.15, 0.2) is 16.4 Å². The Morgan fingerprint density at radius 2 is 2.39 bits per heavy atom. The van der Waals surface area contributed by atoms with E-state index in [4.69, 9.17) is 5.73 Å². The van der Waals surface area contributed by atoms with Gasteiger partial charge in [0.2, 0.25) is 11.1 Å². The first-order valence-corrected chi connectivity index (χ1v) is 8.65. The molecule has 0 saturated carbocycles. The number of aliphatic hydroxyl groups is 1. The van der Waals surface area contributed by atoms with Crippen molar-refractivity contribution in [1.29, 1.82) is 0 Å². The van der Waals surface area contributed by atoms with Gasteiger partial charge in [-0.2, -0.15) is 0 Å². The van der Waals surface area contributed by atoms with Crippen molar-refractivity contribution in [3.63, 3.8) is 0 Å². The SMILES string of the molecule is NC1C(=O)N2C(C(=O)O)=C(C(CCO)Sc3nnn[nH]3)CS[C@@H]12. The van der Waals surface area contributed by atoms with Crippen molar-refractivity contribution < 1.29 is 19.8 Å². The molecule has 2 aliphatic rings. The average molecular weight is 358 g/mol. The lowest BCUT2D eigenvalue weighted by atomic mass is 10.0. The van der Waals surface area contributed by atoms with Crippen LogP contribution in [0, 0.1) is 0 Å². The van der Waals surface area contributed by atoms with Crippen molar-refractivity contribution in [2.45, 2.75) is 28.2 Å². The number of rotatable bonds is 6. The van der Waals surface area contributed by atoms with Gasteiger partial charge in [0.25, 0.3) is 0 Å². The molecule has 0 spiro atoms. The third kappa shape index (κ3) is 2.82. The Labute approximate surface area is 138 Å². The highest BCUT2D eigenvalue weighted by molar-refractivity contribution is 8.01. The summed E-state index contributed by atoms with van der Waals surface area (Å²) in [5, 5.41) is 31.9. The summed E-state index contributed by atoms with van der Waals surface area (Å²) in [6.45, 7) is -0.128. The second kappa shape index (κ2) is 6.47. The third-order valence-corrected chi connectivity index (χ3v) is 6.13. The second-order valence-corrected chi connectivity index (χ2v) is 7.24. The fraction of sp³-hybridized carbons (Fsp3) is 0.545. The lowest BCUT2D eigenvalue weighted by Gasteiger charge is -2.48. The number of nitrogens with one attached hydrogen (secondary N) is 1. The van der Waals surface area contributed by atoms with Crippen LogP contribution in [0.5, 0.6) is 0 Å². The summed E-state index contributed by atoms with van der Waals surface area (Å²) in [5.74, 6) is -1.15. The number of H-pyrrole nitrogens is 1. The van der Waals surface area contributed by atoms with Gasteiger partial charge in [-0.1, -0.05) is 11.8 Å². The molecule has 1 aromatic heterocycles. The molecule has 1 aromatic rings. The van der Waals surface area contributed by atoms with E-state index in [-0.39, 0.29) is 22.9 Å². The van der Waals surface area contributed by atoms with Crippen LogP contribution < -0.4 is 5.73 Å². The Bertz CT molecular complexity index is 651. The van der Waals surface area contributed by atoms with Crippen LogP contribution in [0.1, 0.15) is 6.42 Å². The van der Waals surface area contributed by atoms with Gasteiger partial charge < -0.3 is 15.9 Å². The number of fused-ring (bicyclic) bond motifs is 1. The minimum Gasteiger partial charge on any atom is -0.477 e. The van der Waals surface area contributed by atoms with Crippen molar-refractivity contribution in [3.05, 3.63) is 11.3 Å². The molecule has 0 bridgehead atoms. The summed E-state index contributed by atoms with van der Waals surface area (Å²) in [7, 11) is 0. The molecule has 1 fully saturated rings. The molecule has 2 aliphatic heterocycles. The number of β-lactam (4-membered cyclic amide) rings is 1. The molecule has 3 atom stereocenters. The quantitative estimate of drug-likeness (QED) is 0.353. The Balaban J connectivity index is 1.95. The fourth-order valence-corrected chi connectivity index (χ4v) is 5.03. The van der Waals surface area contributed by atoms with Gasteiger partial charge in [0, 0.05) is 17.6 Å². The third-order valence-electron chi connectivity index (χ3n) is 3.60. The molecule has 124 valence electrons. The molecule has 1 saturated heterocycles. The summed E-state index contributed by atoms with van der Waals surface area (Å²) in [5.41, 5.74) is 6.25. The zero-order valence-electron chi connectivity index (χ0n) is 11.7. The minimum atomic E-state index is -1.18. The van der Waals surface area contributed by atoms with Gasteiger partial charge in [0.15, 0.2) is 0 Å². The number of amides is 1. The van der Waals surface area contributed by atoms with Crippen molar-refractivity contribution in [2.24, 2.45) is 5.73 Å². The fourth-order valence-electron chi connectivity index (χ4n) is 2.54. The standard InChI is InChI=1S/C11H14N6O4S2/c12-6-8(19)17-7(10(20)21)4(3-22-9(6)17)5(1-2-18)23-11-13-15-16-14-11/h5-6,9,18H,1-3,12H2,(H,20,21)(H,13,14,15,16)/t5?,6?,9-/m0/s1. The topological polar surface area (TPSA) is 158 Å². The van der Waals surface area contributed by atoms with Crippen molar-refractivity contribution in [2.75, 3.05) is 12.4 Å². The Kier molecular flexibility index (Phi) is 4.57. The molecule has 3 heterocycles. The van der Waals surface area contributed by atoms with E-state index in [1.165, 1.54) is 28.4 Å². The van der Waals surface area contributed by atoms with E-state index in [0.29, 0.717) is 22.9 Å². The molecule has 0 radical (unpaired) electrons. The summed E-state index contributed by atoms with van der Waals surface area (Å²) in [6, 6.07) is -0.668. The number of hydrogen-bond donors (Lipinski definition) is 4. The summed E-state index contributed by atoms with van der Waals surface area (Å²) in [6.07, 6.45) is 0.316. The van der Waals surface area contributed by atoms with Crippen LogP contribution in [-0.4, -0.2) is 76.6 Å². The Morgan fingerprint density at radius 1 is 1.61 bits per heavy atom. The van der Waals surface area contributed by atoms with Crippen LogP contribution in [-0.2, 0) is 9.59 Å². The molecular formula is C11H14N6O4S2. The number of carboxylic acid groups (broad SMARTS) is 1. The van der Waals surface area contributed by atoms with Crippen molar-refractivity contribution in [1.82, 2.24) is 25.5 Å².